The molecule has 1 heterocycles. The van der Waals surface area contributed by atoms with Gasteiger partial charge in [0, 0.05) is 24.7 Å². The molecule has 0 amide bonds. The molecule has 0 aromatic rings. The first-order valence-corrected chi connectivity index (χ1v) is 5.70. The van der Waals surface area contributed by atoms with Crippen molar-refractivity contribution in [2.75, 3.05) is 20.2 Å². The molecule has 0 aromatic heterocycles. The minimum absolute atomic E-state index is 0.284. The number of hydrogen-bond donors (Lipinski definition) is 2. The quantitative estimate of drug-likeness (QED) is 0.719. The van der Waals surface area contributed by atoms with Gasteiger partial charge in [-0.2, -0.15) is 0 Å². The van der Waals surface area contributed by atoms with Gasteiger partial charge < -0.3 is 10.4 Å². The molecule has 1 aliphatic rings. The van der Waals surface area contributed by atoms with Gasteiger partial charge in [0.1, 0.15) is 0 Å². The second-order valence-corrected chi connectivity index (χ2v) is 4.03. The Labute approximate surface area is 88.5 Å². The van der Waals surface area contributed by atoms with E-state index in [1.165, 1.54) is 0 Å². The monoisotopic (exact) mass is 202 g/mol. The number of nitrogens with one attached hydrogen (secondary N) is 1. The first kappa shape index (κ1) is 13.9. The van der Waals surface area contributed by atoms with E-state index in [0.29, 0.717) is 18.1 Å². The Morgan fingerprint density at radius 2 is 2.00 bits per heavy atom. The van der Waals surface area contributed by atoms with Crippen molar-refractivity contribution in [1.82, 2.24) is 10.2 Å². The smallest absolute Gasteiger partial charge is 0.0587 e. The standard InChI is InChI=1S/C9H20N2O.C2H6/c1-7(2)10-8-4-9(6-12)11(3)5-8;1-2/h7-10,12H,4-6H2,1-3H3;1-2H3. The highest BCUT2D eigenvalue weighted by Gasteiger charge is 2.28. The third-order valence-electron chi connectivity index (χ3n) is 2.47. The second kappa shape index (κ2) is 7.21. The highest BCUT2D eigenvalue weighted by atomic mass is 16.3. The van der Waals surface area contributed by atoms with Gasteiger partial charge in [-0.05, 0) is 13.5 Å². The molecule has 3 heteroatoms. The molecule has 0 spiro atoms. The van der Waals surface area contributed by atoms with E-state index in [0.717, 1.165) is 13.0 Å². The number of nitrogens with zero attached hydrogens (tertiary/aromatic N) is 1. The zero-order valence-electron chi connectivity index (χ0n) is 10.2. The lowest BCUT2D eigenvalue weighted by molar-refractivity contribution is 0.182. The zero-order valence-corrected chi connectivity index (χ0v) is 10.2. The lowest BCUT2D eigenvalue weighted by Gasteiger charge is -2.15. The van der Waals surface area contributed by atoms with Crippen LogP contribution in [0.3, 0.4) is 0 Å². The predicted octanol–water partition coefficient (Wildman–Crippen LogP) is 1.08. The van der Waals surface area contributed by atoms with Crippen LogP contribution in [0, 0.1) is 0 Å². The van der Waals surface area contributed by atoms with Crippen molar-refractivity contribution < 1.29 is 5.11 Å². The summed E-state index contributed by atoms with van der Waals surface area (Å²) in [5.74, 6) is 0. The van der Waals surface area contributed by atoms with Crippen molar-refractivity contribution in [1.29, 1.82) is 0 Å². The van der Waals surface area contributed by atoms with E-state index in [1.807, 2.05) is 13.8 Å². The minimum Gasteiger partial charge on any atom is -0.395 e. The molecule has 14 heavy (non-hydrogen) atoms. The number of aliphatic hydroxyl groups excluding tert-OH is 1. The number of likely N-dealkylation sites (N-methyl/N-ethyl adjacent to an activating group) is 1. The second-order valence-electron chi connectivity index (χ2n) is 4.03. The van der Waals surface area contributed by atoms with Gasteiger partial charge in [-0.3, -0.25) is 4.90 Å². The lowest BCUT2D eigenvalue weighted by atomic mass is 10.1. The molecule has 0 radical (unpaired) electrons. The molecule has 2 N–H and O–H groups in total. The van der Waals surface area contributed by atoms with E-state index in [2.05, 4.69) is 31.1 Å². The Balaban J connectivity index is 0.000000791. The van der Waals surface area contributed by atoms with Crippen LogP contribution in [0.15, 0.2) is 0 Å². The van der Waals surface area contributed by atoms with Crippen LogP contribution in [0.25, 0.3) is 0 Å². The Morgan fingerprint density at radius 1 is 1.43 bits per heavy atom. The molecule has 0 saturated carbocycles. The predicted molar refractivity (Wildman–Crippen MR) is 61.5 cm³/mol. The molecule has 1 aliphatic heterocycles. The molecule has 3 nitrogen and oxygen atoms in total. The number of rotatable bonds is 3. The normalized spacial score (nSPS) is 27.6. The maximum absolute atomic E-state index is 9.02. The average Bonchev–Trinajstić information content (AvgIpc) is 2.48. The van der Waals surface area contributed by atoms with Gasteiger partial charge in [0.25, 0.3) is 0 Å². The fourth-order valence-electron chi connectivity index (χ4n) is 1.89. The summed E-state index contributed by atoms with van der Waals surface area (Å²) in [6.07, 6.45) is 1.07. The van der Waals surface area contributed by atoms with Gasteiger partial charge in [-0.25, -0.2) is 0 Å². The molecule has 2 unspecified atom stereocenters. The van der Waals surface area contributed by atoms with E-state index in [-0.39, 0.29) is 6.61 Å². The van der Waals surface area contributed by atoms with E-state index in [1.54, 1.807) is 0 Å². The van der Waals surface area contributed by atoms with Crippen LogP contribution in [0.1, 0.15) is 34.1 Å². The molecule has 0 bridgehead atoms. The Hall–Kier alpha value is -0.120. The van der Waals surface area contributed by atoms with Crippen molar-refractivity contribution in [3.8, 4) is 0 Å². The summed E-state index contributed by atoms with van der Waals surface area (Å²) in [5, 5.41) is 12.5. The largest absolute Gasteiger partial charge is 0.395 e. The molecule has 0 aliphatic carbocycles. The van der Waals surface area contributed by atoms with Crippen molar-refractivity contribution in [2.24, 2.45) is 0 Å². The summed E-state index contributed by atoms with van der Waals surface area (Å²) in [4.78, 5) is 2.22. The van der Waals surface area contributed by atoms with Crippen LogP contribution >= 0.6 is 0 Å². The maximum Gasteiger partial charge on any atom is 0.0587 e. The summed E-state index contributed by atoms with van der Waals surface area (Å²) in [6.45, 7) is 9.66. The third-order valence-corrected chi connectivity index (χ3v) is 2.47. The number of hydrogen-bond acceptors (Lipinski definition) is 3. The summed E-state index contributed by atoms with van der Waals surface area (Å²) in [5.41, 5.74) is 0. The van der Waals surface area contributed by atoms with Crippen molar-refractivity contribution in [3.63, 3.8) is 0 Å². The fraction of sp³-hybridized carbons (Fsp3) is 1.00. The van der Waals surface area contributed by atoms with Gasteiger partial charge in [-0.1, -0.05) is 27.7 Å². The molecular weight excluding hydrogens is 176 g/mol. The van der Waals surface area contributed by atoms with Crippen LogP contribution < -0.4 is 5.32 Å². The van der Waals surface area contributed by atoms with Crippen LogP contribution in [-0.4, -0.2) is 48.3 Å². The highest BCUT2D eigenvalue weighted by molar-refractivity contribution is 4.87. The van der Waals surface area contributed by atoms with Crippen molar-refractivity contribution in [2.45, 2.75) is 52.2 Å². The number of aliphatic hydroxyl groups is 1. The number of likely N-dealkylation sites (tertiary alicyclic amines) is 1. The lowest BCUT2D eigenvalue weighted by Crippen LogP contribution is -2.36. The average molecular weight is 202 g/mol. The third kappa shape index (κ3) is 4.40. The Kier molecular flexibility index (Phi) is 7.15. The first-order valence-electron chi connectivity index (χ1n) is 5.70. The molecule has 2 atom stereocenters. The van der Waals surface area contributed by atoms with Gasteiger partial charge in [0.05, 0.1) is 6.61 Å². The molecular formula is C11H26N2O. The molecule has 1 saturated heterocycles. The van der Waals surface area contributed by atoms with Gasteiger partial charge in [0.15, 0.2) is 0 Å². The van der Waals surface area contributed by atoms with Crippen LogP contribution in [-0.2, 0) is 0 Å². The fourth-order valence-corrected chi connectivity index (χ4v) is 1.89. The summed E-state index contributed by atoms with van der Waals surface area (Å²) >= 11 is 0. The molecule has 86 valence electrons. The van der Waals surface area contributed by atoms with E-state index >= 15 is 0 Å². The Morgan fingerprint density at radius 3 is 2.36 bits per heavy atom. The molecule has 1 fully saturated rings. The van der Waals surface area contributed by atoms with Crippen molar-refractivity contribution >= 4 is 0 Å². The topological polar surface area (TPSA) is 35.5 Å². The summed E-state index contributed by atoms with van der Waals surface area (Å²) < 4.78 is 0. The Bertz CT molecular complexity index is 139. The van der Waals surface area contributed by atoms with Crippen molar-refractivity contribution in [3.05, 3.63) is 0 Å². The highest BCUT2D eigenvalue weighted by Crippen LogP contribution is 2.15. The van der Waals surface area contributed by atoms with Gasteiger partial charge in [-0.15, -0.1) is 0 Å². The SMILES string of the molecule is CC.CC(C)NC1CC(CO)N(C)C1. The van der Waals surface area contributed by atoms with E-state index in [9.17, 15) is 0 Å². The summed E-state index contributed by atoms with van der Waals surface area (Å²) in [7, 11) is 2.07. The zero-order chi connectivity index (χ0) is 11.1. The summed E-state index contributed by atoms with van der Waals surface area (Å²) in [6, 6.07) is 1.47. The van der Waals surface area contributed by atoms with Gasteiger partial charge in [0.2, 0.25) is 0 Å². The van der Waals surface area contributed by atoms with E-state index in [4.69, 9.17) is 5.11 Å². The first-order chi connectivity index (χ1) is 6.63. The van der Waals surface area contributed by atoms with E-state index < -0.39 is 0 Å². The van der Waals surface area contributed by atoms with Crippen LogP contribution in [0.2, 0.25) is 0 Å². The molecule has 0 aromatic carbocycles. The van der Waals surface area contributed by atoms with Gasteiger partial charge >= 0.3 is 0 Å². The van der Waals surface area contributed by atoms with Crippen LogP contribution in [0.4, 0.5) is 0 Å². The minimum atomic E-state index is 0.284. The van der Waals surface area contributed by atoms with Crippen LogP contribution in [0.5, 0.6) is 0 Å². The maximum atomic E-state index is 9.02. The molecule has 1 rings (SSSR count).